The molecule has 0 saturated heterocycles. The molecule has 9 heteroatoms. The Balaban J connectivity index is 0.000000278. The number of halogens is 1. The number of anilines is 1. The van der Waals surface area contributed by atoms with E-state index in [1.54, 1.807) is 29.1 Å². The maximum Gasteiger partial charge on any atom is 1.00 e. The fraction of sp³-hybridized carbons (Fsp3) is 0.278. The maximum absolute atomic E-state index is 11.7. The summed E-state index contributed by atoms with van der Waals surface area (Å²) in [5.41, 5.74) is 0.753. The van der Waals surface area contributed by atoms with Crippen LogP contribution < -0.4 is 40.4 Å². The SMILES string of the molecule is Brc1cn[c-]nn1.O=c1ccccn1-c1ccc(NC2CCCC2)nc1.[Na+]. The van der Waals surface area contributed by atoms with Crippen molar-refractivity contribution in [1.82, 2.24) is 24.7 Å². The molecule has 0 spiro atoms. The fourth-order valence-corrected chi connectivity index (χ4v) is 2.92. The van der Waals surface area contributed by atoms with Gasteiger partial charge in [-0.25, -0.2) is 10.1 Å². The van der Waals surface area contributed by atoms with Crippen LogP contribution in [0.1, 0.15) is 25.7 Å². The molecular weight excluding hydrogens is 419 g/mol. The van der Waals surface area contributed by atoms with E-state index >= 15 is 0 Å². The normalized spacial score (nSPS) is 13.2. The number of hydrogen-bond donors (Lipinski definition) is 1. The van der Waals surface area contributed by atoms with Crippen molar-refractivity contribution in [2.75, 3.05) is 5.32 Å². The standard InChI is InChI=1S/C15H17N3O.C3HBrN3.Na/c19-15-7-3-4-10-18(15)13-8-9-14(16-11-13)17-12-5-1-2-6-12;4-3-1-5-2-6-7-3;/h3-4,7-12H,1-2,5-6H2,(H,16,17);1H;/q;-1;+1. The number of pyridine rings is 2. The smallest absolute Gasteiger partial charge is 0.435 e. The zero-order valence-electron chi connectivity index (χ0n) is 15.0. The van der Waals surface area contributed by atoms with E-state index in [1.807, 2.05) is 18.2 Å². The minimum Gasteiger partial charge on any atom is -0.435 e. The van der Waals surface area contributed by atoms with E-state index in [1.165, 1.54) is 31.9 Å². The van der Waals surface area contributed by atoms with E-state index in [-0.39, 0.29) is 35.1 Å². The van der Waals surface area contributed by atoms with Gasteiger partial charge in [0, 0.05) is 18.3 Å². The van der Waals surface area contributed by atoms with Crippen molar-refractivity contribution in [1.29, 1.82) is 0 Å². The topological polar surface area (TPSA) is 85.6 Å². The molecule has 0 radical (unpaired) electrons. The summed E-state index contributed by atoms with van der Waals surface area (Å²) in [5, 5.41) is 10.3. The number of rotatable bonds is 3. The molecule has 0 aliphatic heterocycles. The average molecular weight is 437 g/mol. The number of hydrogen-bond acceptors (Lipinski definition) is 6. The van der Waals surface area contributed by atoms with Gasteiger partial charge in [-0.3, -0.25) is 9.36 Å². The summed E-state index contributed by atoms with van der Waals surface area (Å²) in [6, 6.07) is 9.54. The van der Waals surface area contributed by atoms with Crippen molar-refractivity contribution < 1.29 is 29.6 Å². The van der Waals surface area contributed by atoms with E-state index < -0.39 is 0 Å². The Morgan fingerprint density at radius 2 is 1.96 bits per heavy atom. The van der Waals surface area contributed by atoms with Crippen LogP contribution in [0.2, 0.25) is 0 Å². The largest absolute Gasteiger partial charge is 1.00 e. The summed E-state index contributed by atoms with van der Waals surface area (Å²) in [4.78, 5) is 19.6. The molecule has 134 valence electrons. The Hall–Kier alpha value is -1.61. The fourth-order valence-electron chi connectivity index (χ4n) is 2.74. The molecule has 0 atom stereocenters. The summed E-state index contributed by atoms with van der Waals surface area (Å²) in [5.74, 6) is 0.889. The minimum atomic E-state index is -0.0409. The first-order chi connectivity index (χ1) is 12.7. The third-order valence-corrected chi connectivity index (χ3v) is 4.34. The number of nitrogens with zero attached hydrogens (tertiary/aromatic N) is 5. The van der Waals surface area contributed by atoms with Crippen LogP contribution in [0.5, 0.6) is 0 Å². The zero-order chi connectivity index (χ0) is 18.2. The first kappa shape index (κ1) is 21.7. The third kappa shape index (κ3) is 6.80. The molecule has 3 aromatic rings. The molecule has 1 fully saturated rings. The first-order valence-corrected chi connectivity index (χ1v) is 9.13. The predicted molar refractivity (Wildman–Crippen MR) is 102 cm³/mol. The first-order valence-electron chi connectivity index (χ1n) is 8.34. The van der Waals surface area contributed by atoms with Gasteiger partial charge in [-0.15, -0.1) is 0 Å². The van der Waals surface area contributed by atoms with Gasteiger partial charge in [0.2, 0.25) is 0 Å². The average Bonchev–Trinajstić information content (AvgIpc) is 3.17. The molecule has 1 saturated carbocycles. The van der Waals surface area contributed by atoms with Crippen LogP contribution in [-0.2, 0) is 0 Å². The van der Waals surface area contributed by atoms with Gasteiger partial charge in [-0.1, -0.05) is 25.1 Å². The van der Waals surface area contributed by atoms with Gasteiger partial charge in [0.25, 0.3) is 5.56 Å². The summed E-state index contributed by atoms with van der Waals surface area (Å²) >= 11 is 3.06. The van der Waals surface area contributed by atoms with Crippen molar-refractivity contribution in [2.24, 2.45) is 0 Å². The Morgan fingerprint density at radius 3 is 2.52 bits per heavy atom. The van der Waals surface area contributed by atoms with E-state index in [4.69, 9.17) is 0 Å². The van der Waals surface area contributed by atoms with Crippen molar-refractivity contribution in [3.8, 4) is 5.69 Å². The minimum absolute atomic E-state index is 0. The van der Waals surface area contributed by atoms with Gasteiger partial charge >= 0.3 is 29.6 Å². The maximum atomic E-state index is 11.7. The summed E-state index contributed by atoms with van der Waals surface area (Å²) in [7, 11) is 0. The molecule has 3 aromatic heterocycles. The van der Waals surface area contributed by atoms with Gasteiger partial charge in [-0.2, -0.15) is 5.10 Å². The van der Waals surface area contributed by atoms with Crippen LogP contribution in [0, 0.1) is 6.33 Å². The molecule has 1 N–H and O–H groups in total. The molecule has 27 heavy (non-hydrogen) atoms. The van der Waals surface area contributed by atoms with Crippen LogP contribution >= 0.6 is 15.9 Å². The van der Waals surface area contributed by atoms with Gasteiger partial charge < -0.3 is 10.3 Å². The number of aromatic nitrogens is 5. The number of nitrogens with one attached hydrogen (secondary N) is 1. The Bertz CT molecular complexity index is 869. The van der Waals surface area contributed by atoms with E-state index in [2.05, 4.69) is 47.7 Å². The van der Waals surface area contributed by atoms with Crippen LogP contribution in [0.3, 0.4) is 0 Å². The van der Waals surface area contributed by atoms with Crippen molar-refractivity contribution in [3.05, 3.63) is 70.2 Å². The monoisotopic (exact) mass is 436 g/mol. The van der Waals surface area contributed by atoms with Crippen molar-refractivity contribution >= 4 is 21.7 Å². The molecule has 0 aromatic carbocycles. The van der Waals surface area contributed by atoms with E-state index in [9.17, 15) is 4.79 Å². The van der Waals surface area contributed by atoms with Crippen molar-refractivity contribution in [3.63, 3.8) is 0 Å². The van der Waals surface area contributed by atoms with Gasteiger partial charge in [0.05, 0.1) is 16.5 Å². The predicted octanol–water partition coefficient (Wildman–Crippen LogP) is 0.0253. The molecule has 0 unspecified atom stereocenters. The molecule has 3 heterocycles. The molecular formula is C18H18BrN6NaO. The van der Waals surface area contributed by atoms with Crippen LogP contribution in [0.15, 0.2) is 58.3 Å². The Morgan fingerprint density at radius 1 is 1.15 bits per heavy atom. The Labute approximate surface area is 188 Å². The van der Waals surface area contributed by atoms with Crippen LogP contribution in [-0.4, -0.2) is 30.8 Å². The molecule has 0 amide bonds. The van der Waals surface area contributed by atoms with E-state index in [0.717, 1.165) is 11.5 Å². The summed E-state index contributed by atoms with van der Waals surface area (Å²) in [6.45, 7) is 0. The van der Waals surface area contributed by atoms with Gasteiger partial charge in [-0.05, 0) is 53.3 Å². The summed E-state index contributed by atoms with van der Waals surface area (Å²) < 4.78 is 2.22. The van der Waals surface area contributed by atoms with Gasteiger partial charge in [0.15, 0.2) is 0 Å². The second-order valence-corrected chi connectivity index (χ2v) is 6.63. The van der Waals surface area contributed by atoms with Crippen molar-refractivity contribution in [2.45, 2.75) is 31.7 Å². The zero-order valence-corrected chi connectivity index (χ0v) is 18.6. The van der Waals surface area contributed by atoms with E-state index in [0.29, 0.717) is 10.6 Å². The van der Waals surface area contributed by atoms with Gasteiger partial charge in [0.1, 0.15) is 5.82 Å². The molecule has 1 aliphatic carbocycles. The quantitative estimate of drug-likeness (QED) is 0.460. The molecule has 1 aliphatic rings. The Kier molecular flexibility index (Phi) is 9.06. The van der Waals surface area contributed by atoms with Crippen LogP contribution in [0.25, 0.3) is 5.69 Å². The molecule has 4 rings (SSSR count). The molecule has 7 nitrogen and oxygen atoms in total. The summed E-state index contributed by atoms with van der Waals surface area (Å²) in [6.07, 6.45) is 12.4. The second kappa shape index (κ2) is 11.3. The third-order valence-electron chi connectivity index (χ3n) is 3.97. The second-order valence-electron chi connectivity index (χ2n) is 5.82. The van der Waals surface area contributed by atoms with Crippen LogP contribution in [0.4, 0.5) is 5.82 Å². The molecule has 0 bridgehead atoms.